The van der Waals surface area contributed by atoms with Crippen LogP contribution in [0.1, 0.15) is 36.9 Å². The number of tetrazole rings is 1. The molecule has 0 radical (unpaired) electrons. The molecule has 0 aliphatic heterocycles. The van der Waals surface area contributed by atoms with Crippen LogP contribution in [0.4, 0.5) is 0 Å². The maximum atomic E-state index is 12.5. The van der Waals surface area contributed by atoms with Gasteiger partial charge in [-0.1, -0.05) is 36.0 Å². The molecule has 2 aromatic heterocycles. The van der Waals surface area contributed by atoms with E-state index in [0.29, 0.717) is 17.7 Å². The van der Waals surface area contributed by atoms with Gasteiger partial charge in [-0.2, -0.15) is 0 Å². The lowest BCUT2D eigenvalue weighted by molar-refractivity contribution is -0.120. The van der Waals surface area contributed by atoms with Gasteiger partial charge >= 0.3 is 0 Å². The molecule has 0 saturated heterocycles. The summed E-state index contributed by atoms with van der Waals surface area (Å²) in [6, 6.07) is 8.50. The minimum atomic E-state index is -0.269. The molecule has 140 valence electrons. The van der Waals surface area contributed by atoms with E-state index in [0.717, 1.165) is 30.5 Å². The van der Waals surface area contributed by atoms with E-state index < -0.39 is 0 Å². The molecule has 2 heterocycles. The van der Waals surface area contributed by atoms with Gasteiger partial charge in [0.2, 0.25) is 11.1 Å². The van der Waals surface area contributed by atoms with Gasteiger partial charge in [-0.3, -0.25) is 4.79 Å². The molecule has 8 nitrogen and oxygen atoms in total. The van der Waals surface area contributed by atoms with Crippen molar-refractivity contribution in [3.63, 3.8) is 0 Å². The van der Waals surface area contributed by atoms with Gasteiger partial charge in [0.25, 0.3) is 0 Å². The molecule has 1 saturated carbocycles. The Labute approximate surface area is 161 Å². The third-order valence-corrected chi connectivity index (χ3v) is 5.54. The van der Waals surface area contributed by atoms with Gasteiger partial charge in [0.05, 0.1) is 17.6 Å². The minimum absolute atomic E-state index is 0.0252. The van der Waals surface area contributed by atoms with Crippen molar-refractivity contribution >= 4 is 17.7 Å². The molecule has 27 heavy (non-hydrogen) atoms. The second-order valence-electron chi connectivity index (χ2n) is 6.62. The molecule has 0 bridgehead atoms. The first-order valence-corrected chi connectivity index (χ1v) is 9.83. The van der Waals surface area contributed by atoms with E-state index >= 15 is 0 Å². The van der Waals surface area contributed by atoms with Crippen molar-refractivity contribution in [2.24, 2.45) is 0 Å². The van der Waals surface area contributed by atoms with Gasteiger partial charge in [-0.25, -0.2) is 9.67 Å². The van der Waals surface area contributed by atoms with Crippen LogP contribution in [0, 0.1) is 0 Å². The molecule has 9 heteroatoms. The molecule has 1 aromatic carbocycles. The summed E-state index contributed by atoms with van der Waals surface area (Å²) >= 11 is 1.40. The van der Waals surface area contributed by atoms with E-state index in [9.17, 15) is 4.79 Å². The van der Waals surface area contributed by atoms with Crippen LogP contribution >= 0.6 is 11.8 Å². The summed E-state index contributed by atoms with van der Waals surface area (Å²) in [6.07, 6.45) is 7.69. The van der Waals surface area contributed by atoms with Crippen LogP contribution in [0.15, 0.2) is 48.1 Å². The summed E-state index contributed by atoms with van der Waals surface area (Å²) in [5, 5.41) is 15.3. The lowest BCUT2D eigenvalue weighted by Crippen LogP contribution is -2.31. The number of benzene rings is 1. The number of aromatic nitrogens is 6. The third-order valence-electron chi connectivity index (χ3n) is 4.49. The second kappa shape index (κ2) is 7.91. The highest BCUT2D eigenvalue weighted by Crippen LogP contribution is 2.37. The van der Waals surface area contributed by atoms with E-state index in [-0.39, 0.29) is 11.2 Å². The standard InChI is InChI=1S/C18H21N7OS/c1-13(27-18-21-22-23-25(18)16-6-7-16)17(26)20-10-14-4-2-3-5-15(14)11-24-9-8-19-12-24/h2-5,8-9,12-13,16H,6-7,10-11H2,1H3,(H,20,26). The average molecular weight is 383 g/mol. The Balaban J connectivity index is 1.35. The van der Waals surface area contributed by atoms with Gasteiger partial charge < -0.3 is 9.88 Å². The fourth-order valence-electron chi connectivity index (χ4n) is 2.81. The summed E-state index contributed by atoms with van der Waals surface area (Å²) in [7, 11) is 0. The largest absolute Gasteiger partial charge is 0.351 e. The van der Waals surface area contributed by atoms with Crippen molar-refractivity contribution in [3.8, 4) is 0 Å². The summed E-state index contributed by atoms with van der Waals surface area (Å²) in [5.74, 6) is -0.0252. The lowest BCUT2D eigenvalue weighted by Gasteiger charge is -2.14. The first-order chi connectivity index (χ1) is 13.2. The number of carbonyl (C=O) groups is 1. The zero-order valence-electron chi connectivity index (χ0n) is 15.0. The lowest BCUT2D eigenvalue weighted by atomic mass is 10.1. The fraction of sp³-hybridized carbons (Fsp3) is 0.389. The molecule has 1 amide bonds. The highest BCUT2D eigenvalue weighted by molar-refractivity contribution is 8.00. The normalized spacial score (nSPS) is 14.9. The molecule has 1 atom stereocenters. The molecule has 0 spiro atoms. The zero-order valence-corrected chi connectivity index (χ0v) is 15.8. The van der Waals surface area contributed by atoms with Crippen molar-refractivity contribution in [3.05, 3.63) is 54.1 Å². The van der Waals surface area contributed by atoms with Crippen LogP contribution in [0.5, 0.6) is 0 Å². The Morgan fingerprint density at radius 2 is 2.15 bits per heavy atom. The number of rotatable bonds is 8. The molecule has 1 aliphatic carbocycles. The summed E-state index contributed by atoms with van der Waals surface area (Å²) < 4.78 is 3.84. The second-order valence-corrected chi connectivity index (χ2v) is 7.93. The number of nitrogens with one attached hydrogen (secondary N) is 1. The Morgan fingerprint density at radius 1 is 1.33 bits per heavy atom. The van der Waals surface area contributed by atoms with Crippen LogP contribution in [0.25, 0.3) is 0 Å². The van der Waals surface area contributed by atoms with Crippen LogP contribution in [0.2, 0.25) is 0 Å². The number of carbonyl (C=O) groups excluding carboxylic acids is 1. The van der Waals surface area contributed by atoms with Crippen molar-refractivity contribution in [1.29, 1.82) is 0 Å². The predicted molar refractivity (Wildman–Crippen MR) is 101 cm³/mol. The average Bonchev–Trinajstić information content (AvgIpc) is 3.19. The number of hydrogen-bond acceptors (Lipinski definition) is 6. The Morgan fingerprint density at radius 3 is 2.89 bits per heavy atom. The number of hydrogen-bond donors (Lipinski definition) is 1. The molecule has 1 aliphatic rings. The van der Waals surface area contributed by atoms with Gasteiger partial charge in [0.1, 0.15) is 0 Å². The maximum Gasteiger partial charge on any atom is 0.233 e. The molecule has 4 rings (SSSR count). The number of nitrogens with zero attached hydrogens (tertiary/aromatic N) is 6. The Kier molecular flexibility index (Phi) is 5.19. The summed E-state index contributed by atoms with van der Waals surface area (Å²) in [5.41, 5.74) is 2.26. The highest BCUT2D eigenvalue weighted by Gasteiger charge is 2.29. The van der Waals surface area contributed by atoms with Gasteiger partial charge in [-0.05, 0) is 41.3 Å². The van der Waals surface area contributed by atoms with Crippen molar-refractivity contribution < 1.29 is 4.79 Å². The summed E-state index contributed by atoms with van der Waals surface area (Å²) in [6.45, 7) is 3.10. The molecule has 3 aromatic rings. The van der Waals surface area contributed by atoms with E-state index in [1.165, 1.54) is 11.8 Å². The van der Waals surface area contributed by atoms with Crippen LogP contribution in [-0.2, 0) is 17.9 Å². The first kappa shape index (κ1) is 17.7. The van der Waals surface area contributed by atoms with Crippen LogP contribution in [0.3, 0.4) is 0 Å². The third kappa shape index (κ3) is 4.36. The maximum absolute atomic E-state index is 12.5. The van der Waals surface area contributed by atoms with Crippen LogP contribution in [-0.4, -0.2) is 40.9 Å². The zero-order chi connectivity index (χ0) is 18.6. The molecular weight excluding hydrogens is 362 g/mol. The molecule has 1 N–H and O–H groups in total. The van der Waals surface area contributed by atoms with E-state index in [4.69, 9.17) is 0 Å². The molecule has 1 fully saturated rings. The van der Waals surface area contributed by atoms with Crippen LogP contribution < -0.4 is 5.32 Å². The fourth-order valence-corrected chi connectivity index (χ4v) is 3.69. The van der Waals surface area contributed by atoms with Gasteiger partial charge in [0, 0.05) is 25.5 Å². The van der Waals surface area contributed by atoms with E-state index in [1.807, 2.05) is 40.6 Å². The quantitative estimate of drug-likeness (QED) is 0.599. The highest BCUT2D eigenvalue weighted by atomic mass is 32.2. The number of amides is 1. The minimum Gasteiger partial charge on any atom is -0.351 e. The van der Waals surface area contributed by atoms with Crippen molar-refractivity contribution in [1.82, 2.24) is 35.1 Å². The van der Waals surface area contributed by atoms with E-state index in [2.05, 4.69) is 31.9 Å². The Hall–Kier alpha value is -2.68. The predicted octanol–water partition coefficient (Wildman–Crippen LogP) is 2.05. The van der Waals surface area contributed by atoms with E-state index in [1.54, 1.807) is 12.5 Å². The summed E-state index contributed by atoms with van der Waals surface area (Å²) in [4.78, 5) is 16.6. The van der Waals surface area contributed by atoms with Gasteiger partial charge in [-0.15, -0.1) is 5.10 Å². The SMILES string of the molecule is CC(Sc1nnnn1C1CC1)C(=O)NCc1ccccc1Cn1ccnc1. The monoisotopic (exact) mass is 383 g/mol. The number of imidazole rings is 1. The Bertz CT molecular complexity index is 904. The van der Waals surface area contributed by atoms with Crippen molar-refractivity contribution in [2.45, 2.75) is 49.3 Å². The first-order valence-electron chi connectivity index (χ1n) is 8.95. The topological polar surface area (TPSA) is 90.5 Å². The number of thioether (sulfide) groups is 1. The molecular formula is C18H21N7OS. The van der Waals surface area contributed by atoms with Crippen molar-refractivity contribution in [2.75, 3.05) is 0 Å². The smallest absolute Gasteiger partial charge is 0.233 e. The van der Waals surface area contributed by atoms with Gasteiger partial charge in [0.15, 0.2) is 0 Å². The molecule has 1 unspecified atom stereocenters.